The summed E-state index contributed by atoms with van der Waals surface area (Å²) >= 11 is 4.04. The first kappa shape index (κ1) is 12.6. The molecule has 84 valence electrons. The van der Waals surface area contributed by atoms with Crippen molar-refractivity contribution < 1.29 is 23.9 Å². The average Bonchev–Trinajstić information content (AvgIpc) is 2.40. The number of thiazole rings is 1. The normalized spacial score (nSPS) is 11.4. The molecule has 0 aliphatic rings. The number of aromatic nitrogens is 1. The number of ether oxygens (including phenoxy) is 1. The molecule has 15 heavy (non-hydrogen) atoms. The Morgan fingerprint density at radius 3 is 2.67 bits per heavy atom. The minimum atomic E-state index is -4.36. The lowest BCUT2D eigenvalue weighted by atomic mass is 10.5. The van der Waals surface area contributed by atoms with Gasteiger partial charge >= 0.3 is 13.6 Å². The maximum atomic E-state index is 11.2. The first-order valence-corrected chi connectivity index (χ1v) is 6.84. The fourth-order valence-electron chi connectivity index (χ4n) is 0.654. The Labute approximate surface area is 96.6 Å². The zero-order valence-electron chi connectivity index (χ0n) is 7.08. The Hall–Kier alpha value is -0.470. The van der Waals surface area contributed by atoms with Crippen molar-refractivity contribution in [1.82, 2.24) is 4.98 Å². The van der Waals surface area contributed by atoms with Gasteiger partial charge in [0.25, 0.3) is 0 Å². The number of carbonyl (C=O) groups excluding carboxylic acids is 1. The molecule has 0 aliphatic carbocycles. The fraction of sp³-hybridized carbons (Fsp3) is 0.200. The molecule has 0 amide bonds. The van der Waals surface area contributed by atoms with Gasteiger partial charge in [0.05, 0.1) is 0 Å². The van der Waals surface area contributed by atoms with Crippen molar-refractivity contribution in [2.45, 2.75) is 0 Å². The number of hydrogen-bond acceptors (Lipinski definition) is 6. The van der Waals surface area contributed by atoms with E-state index in [1.165, 1.54) is 0 Å². The number of carbonyl (C=O) groups is 1. The molecule has 0 saturated heterocycles. The van der Waals surface area contributed by atoms with E-state index in [4.69, 9.17) is 15.5 Å². The molecular formula is C5H6BrN2O5PS. The second-order valence-corrected chi connectivity index (χ2v) is 6.34. The highest BCUT2D eigenvalue weighted by Crippen LogP contribution is 2.35. The van der Waals surface area contributed by atoms with Crippen LogP contribution in [0.3, 0.4) is 0 Å². The van der Waals surface area contributed by atoms with Crippen molar-refractivity contribution in [2.75, 3.05) is 12.1 Å². The average molecular weight is 317 g/mol. The summed E-state index contributed by atoms with van der Waals surface area (Å²) in [5, 5.41) is 0.157. The van der Waals surface area contributed by atoms with E-state index in [9.17, 15) is 9.36 Å². The number of halogens is 1. The number of rotatable bonds is 3. The molecule has 0 unspecified atom stereocenters. The van der Waals surface area contributed by atoms with Crippen LogP contribution < -0.4 is 5.73 Å². The zero-order chi connectivity index (χ0) is 11.6. The Kier molecular flexibility index (Phi) is 3.85. The van der Waals surface area contributed by atoms with Gasteiger partial charge < -0.3 is 20.3 Å². The molecular weight excluding hydrogens is 311 g/mol. The summed E-state index contributed by atoms with van der Waals surface area (Å²) in [6.45, 7) is 0. The molecule has 10 heteroatoms. The molecule has 7 nitrogen and oxygen atoms in total. The van der Waals surface area contributed by atoms with Crippen molar-refractivity contribution in [3.8, 4) is 0 Å². The molecule has 0 aliphatic heterocycles. The van der Waals surface area contributed by atoms with Crippen molar-refractivity contribution in [1.29, 1.82) is 0 Å². The van der Waals surface area contributed by atoms with Crippen LogP contribution in [0.2, 0.25) is 0 Å². The molecule has 0 bridgehead atoms. The molecule has 0 spiro atoms. The maximum absolute atomic E-state index is 11.2. The summed E-state index contributed by atoms with van der Waals surface area (Å²) < 4.78 is 15.1. The van der Waals surface area contributed by atoms with E-state index in [-0.39, 0.29) is 10.8 Å². The standard InChI is InChI=1S/C5H6BrN2O5PS/c6-3-2(8-5(7)15-3)4(9)13-1-14(10,11)12/h1H2,(H2,7,8)(H2,10,11,12). The van der Waals surface area contributed by atoms with Crippen molar-refractivity contribution in [3.05, 3.63) is 9.48 Å². The van der Waals surface area contributed by atoms with Gasteiger partial charge in [0.15, 0.2) is 17.2 Å². The molecule has 0 radical (unpaired) electrons. The van der Waals surface area contributed by atoms with Crippen LogP contribution >= 0.6 is 34.9 Å². The van der Waals surface area contributed by atoms with Crippen molar-refractivity contribution in [3.63, 3.8) is 0 Å². The van der Waals surface area contributed by atoms with Gasteiger partial charge in [-0.15, -0.1) is 0 Å². The minimum absolute atomic E-state index is 0.0917. The fourth-order valence-corrected chi connectivity index (χ4v) is 2.23. The summed E-state index contributed by atoms with van der Waals surface area (Å²) in [7, 11) is -4.36. The molecule has 1 aromatic rings. The van der Waals surface area contributed by atoms with Crippen LogP contribution in [0, 0.1) is 0 Å². The Bertz CT molecular complexity index is 429. The number of nitrogen functional groups attached to an aromatic ring is 1. The highest BCUT2D eigenvalue weighted by Gasteiger charge is 2.21. The Morgan fingerprint density at radius 1 is 1.67 bits per heavy atom. The Balaban J connectivity index is 2.70. The molecule has 0 saturated carbocycles. The number of nitrogens with zero attached hydrogens (tertiary/aromatic N) is 1. The summed E-state index contributed by atoms with van der Waals surface area (Å²) in [5.41, 5.74) is 5.22. The second kappa shape index (κ2) is 4.58. The molecule has 1 aromatic heterocycles. The smallest absolute Gasteiger partial charge is 0.362 e. The predicted molar refractivity (Wildman–Crippen MR) is 56.6 cm³/mol. The van der Waals surface area contributed by atoms with Gasteiger partial charge in [-0.1, -0.05) is 11.3 Å². The van der Waals surface area contributed by atoms with Crippen molar-refractivity contribution >= 4 is 46.0 Å². The topological polar surface area (TPSA) is 123 Å². The summed E-state index contributed by atoms with van der Waals surface area (Å²) in [6, 6.07) is 0. The second-order valence-electron chi connectivity index (χ2n) is 2.40. The summed E-state index contributed by atoms with van der Waals surface area (Å²) in [4.78, 5) is 31.8. The molecule has 4 N–H and O–H groups in total. The first-order chi connectivity index (χ1) is 6.79. The van der Waals surface area contributed by atoms with E-state index in [0.29, 0.717) is 3.79 Å². The SMILES string of the molecule is Nc1nc(C(=O)OCP(=O)(O)O)c(Br)s1. The quantitative estimate of drug-likeness (QED) is 0.556. The third-order valence-electron chi connectivity index (χ3n) is 1.16. The maximum Gasteiger partial charge on any atom is 0.362 e. The largest absolute Gasteiger partial charge is 0.448 e. The molecule has 0 fully saturated rings. The van der Waals surface area contributed by atoms with Gasteiger partial charge in [0.2, 0.25) is 0 Å². The zero-order valence-corrected chi connectivity index (χ0v) is 10.4. The third-order valence-corrected chi connectivity index (χ3v) is 3.16. The first-order valence-electron chi connectivity index (χ1n) is 3.43. The number of esters is 1. The van der Waals surface area contributed by atoms with Crippen LogP contribution in [0.1, 0.15) is 10.5 Å². The summed E-state index contributed by atoms with van der Waals surface area (Å²) in [6.07, 6.45) is -0.976. The van der Waals surface area contributed by atoms with Gasteiger partial charge in [-0.2, -0.15) is 0 Å². The van der Waals surface area contributed by atoms with Crippen LogP contribution in [0.4, 0.5) is 5.13 Å². The lowest BCUT2D eigenvalue weighted by Gasteiger charge is -2.04. The van der Waals surface area contributed by atoms with Gasteiger partial charge in [-0.05, 0) is 15.9 Å². The molecule has 1 heterocycles. The van der Waals surface area contributed by atoms with Gasteiger partial charge in [-0.3, -0.25) is 4.57 Å². The van der Waals surface area contributed by atoms with E-state index in [2.05, 4.69) is 25.7 Å². The summed E-state index contributed by atoms with van der Waals surface area (Å²) in [5.74, 6) is -0.932. The number of hydrogen-bond donors (Lipinski definition) is 3. The molecule has 1 rings (SSSR count). The van der Waals surface area contributed by atoms with Gasteiger partial charge in [-0.25, -0.2) is 9.78 Å². The van der Waals surface area contributed by atoms with E-state index in [1.807, 2.05) is 0 Å². The highest BCUT2D eigenvalue weighted by atomic mass is 79.9. The van der Waals surface area contributed by atoms with Gasteiger partial charge in [0, 0.05) is 0 Å². The van der Waals surface area contributed by atoms with E-state index in [0.717, 1.165) is 11.3 Å². The van der Waals surface area contributed by atoms with Crippen LogP contribution in [0.25, 0.3) is 0 Å². The van der Waals surface area contributed by atoms with E-state index in [1.54, 1.807) is 0 Å². The van der Waals surface area contributed by atoms with Gasteiger partial charge in [0.1, 0.15) is 3.79 Å². The van der Waals surface area contributed by atoms with Crippen molar-refractivity contribution in [2.24, 2.45) is 0 Å². The lowest BCUT2D eigenvalue weighted by molar-refractivity contribution is 0.0543. The third kappa shape index (κ3) is 3.88. The number of anilines is 1. The van der Waals surface area contributed by atoms with Crippen LogP contribution in [0.5, 0.6) is 0 Å². The van der Waals surface area contributed by atoms with E-state index < -0.39 is 19.9 Å². The molecule has 0 aromatic carbocycles. The van der Waals surface area contributed by atoms with E-state index >= 15 is 0 Å². The van der Waals surface area contributed by atoms with Crippen LogP contribution in [-0.2, 0) is 9.30 Å². The highest BCUT2D eigenvalue weighted by molar-refractivity contribution is 9.11. The monoisotopic (exact) mass is 316 g/mol. The minimum Gasteiger partial charge on any atom is -0.448 e. The number of nitrogens with two attached hydrogens (primary N) is 1. The van der Waals surface area contributed by atoms with Crippen LogP contribution in [-0.4, -0.2) is 27.1 Å². The van der Waals surface area contributed by atoms with Crippen LogP contribution in [0.15, 0.2) is 3.79 Å². The lowest BCUT2D eigenvalue weighted by Crippen LogP contribution is -2.08. The molecule has 0 atom stereocenters. The predicted octanol–water partition coefficient (Wildman–Crippen LogP) is 0.780. The Morgan fingerprint density at radius 2 is 2.27 bits per heavy atom.